The van der Waals surface area contributed by atoms with Gasteiger partial charge in [0.2, 0.25) is 0 Å². The molecule has 142 valence electrons. The number of hydrogen-bond acceptors (Lipinski definition) is 5. The Labute approximate surface area is 167 Å². The minimum Gasteiger partial charge on any atom is -0.276 e. The minimum atomic E-state index is -0.179. The van der Waals surface area contributed by atoms with Gasteiger partial charge in [0.05, 0.1) is 22.5 Å². The molecule has 3 aromatic heterocycles. The lowest BCUT2D eigenvalue weighted by Gasteiger charge is -2.18. The number of rotatable bonds is 4. The fourth-order valence-corrected chi connectivity index (χ4v) is 4.01. The maximum atomic E-state index is 13.3. The first-order chi connectivity index (χ1) is 13.4. The van der Waals surface area contributed by atoms with Crippen molar-refractivity contribution in [1.82, 2.24) is 19.7 Å². The van der Waals surface area contributed by atoms with Crippen molar-refractivity contribution in [2.75, 3.05) is 4.90 Å². The molecule has 0 aliphatic carbocycles. The summed E-state index contributed by atoms with van der Waals surface area (Å²) in [7, 11) is 1.83. The monoisotopic (exact) mass is 391 g/mol. The van der Waals surface area contributed by atoms with Gasteiger partial charge in [0, 0.05) is 18.9 Å². The van der Waals surface area contributed by atoms with Crippen molar-refractivity contribution in [3.8, 4) is 0 Å². The Balaban J connectivity index is 1.79. The number of anilines is 1. The molecule has 0 saturated heterocycles. The zero-order valence-electron chi connectivity index (χ0n) is 16.3. The van der Waals surface area contributed by atoms with Gasteiger partial charge >= 0.3 is 0 Å². The molecule has 28 heavy (non-hydrogen) atoms. The van der Waals surface area contributed by atoms with Crippen LogP contribution in [-0.2, 0) is 13.6 Å². The lowest BCUT2D eigenvalue weighted by Crippen LogP contribution is -2.31. The number of carbonyl (C=O) groups excluding carboxylic acids is 1. The zero-order valence-corrected chi connectivity index (χ0v) is 17.1. The van der Waals surface area contributed by atoms with Gasteiger partial charge in [-0.3, -0.25) is 19.4 Å². The number of aryl methyl sites for hydroxylation is 4. The van der Waals surface area contributed by atoms with Crippen LogP contribution >= 0.6 is 11.3 Å². The van der Waals surface area contributed by atoms with Crippen LogP contribution in [0.4, 0.5) is 5.13 Å². The number of thiazole rings is 1. The van der Waals surface area contributed by atoms with E-state index in [2.05, 4.69) is 36.1 Å². The Hall–Kier alpha value is -3.06. The van der Waals surface area contributed by atoms with Gasteiger partial charge < -0.3 is 0 Å². The molecule has 0 spiro atoms. The first-order valence-electron chi connectivity index (χ1n) is 9.02. The molecule has 4 aromatic rings. The van der Waals surface area contributed by atoms with Gasteiger partial charge in [0.25, 0.3) is 5.91 Å². The molecule has 1 aromatic carbocycles. The largest absolute Gasteiger partial charge is 0.280 e. The molecule has 0 aliphatic heterocycles. The first-order valence-corrected chi connectivity index (χ1v) is 9.84. The number of fused-ring (bicyclic) bond motifs is 1. The highest BCUT2D eigenvalue weighted by atomic mass is 32.1. The predicted octanol–water partition coefficient (Wildman–Crippen LogP) is 4.20. The van der Waals surface area contributed by atoms with Crippen molar-refractivity contribution in [3.63, 3.8) is 0 Å². The molecule has 0 bridgehead atoms. The number of hydrogen-bond donors (Lipinski definition) is 0. The summed E-state index contributed by atoms with van der Waals surface area (Å²) < 4.78 is 2.77. The van der Waals surface area contributed by atoms with Crippen LogP contribution in [0.1, 0.15) is 33.0 Å². The second kappa shape index (κ2) is 7.16. The van der Waals surface area contributed by atoms with Crippen molar-refractivity contribution in [3.05, 3.63) is 70.8 Å². The third-order valence-corrected chi connectivity index (χ3v) is 5.89. The summed E-state index contributed by atoms with van der Waals surface area (Å²) >= 11 is 1.51. The van der Waals surface area contributed by atoms with Gasteiger partial charge in [0.1, 0.15) is 0 Å². The van der Waals surface area contributed by atoms with E-state index in [0.29, 0.717) is 17.4 Å². The molecular formula is C21H21N5OS. The number of pyridine rings is 1. The molecule has 0 fully saturated rings. The van der Waals surface area contributed by atoms with Crippen molar-refractivity contribution in [2.45, 2.75) is 27.3 Å². The third kappa shape index (κ3) is 3.41. The van der Waals surface area contributed by atoms with E-state index in [9.17, 15) is 4.79 Å². The summed E-state index contributed by atoms with van der Waals surface area (Å²) in [6.07, 6.45) is 1.73. The van der Waals surface area contributed by atoms with Crippen molar-refractivity contribution in [2.24, 2.45) is 7.05 Å². The van der Waals surface area contributed by atoms with E-state index in [-0.39, 0.29) is 5.91 Å². The summed E-state index contributed by atoms with van der Waals surface area (Å²) in [4.78, 5) is 24.1. The highest BCUT2D eigenvalue weighted by molar-refractivity contribution is 7.22. The Kier molecular flexibility index (Phi) is 4.68. The van der Waals surface area contributed by atoms with E-state index < -0.39 is 0 Å². The highest BCUT2D eigenvalue weighted by Gasteiger charge is 2.24. The van der Waals surface area contributed by atoms with Crippen molar-refractivity contribution >= 4 is 32.6 Å². The predicted molar refractivity (Wildman–Crippen MR) is 112 cm³/mol. The van der Waals surface area contributed by atoms with Crippen molar-refractivity contribution < 1.29 is 4.79 Å². The summed E-state index contributed by atoms with van der Waals surface area (Å²) in [5.41, 5.74) is 5.44. The number of aromatic nitrogens is 4. The van der Waals surface area contributed by atoms with E-state index in [4.69, 9.17) is 4.98 Å². The Morgan fingerprint density at radius 2 is 1.93 bits per heavy atom. The summed E-state index contributed by atoms with van der Waals surface area (Å²) in [6.45, 7) is 6.42. The Morgan fingerprint density at radius 1 is 1.14 bits per heavy atom. The standard InChI is InChI=1S/C21H21N5OS/c1-13-9-17-19(10-14(13)2)28-21(23-17)26(12-16-7-5-6-8-22-16)20(27)18-11-15(3)25(4)24-18/h5-11H,12H2,1-4H3. The molecule has 1 amide bonds. The van der Waals surface area contributed by atoms with Gasteiger partial charge in [-0.15, -0.1) is 0 Å². The molecule has 7 heteroatoms. The molecule has 0 aliphatic rings. The second-order valence-corrected chi connectivity index (χ2v) is 7.92. The molecular weight excluding hydrogens is 370 g/mol. The average Bonchev–Trinajstić information content (AvgIpc) is 3.23. The summed E-state index contributed by atoms with van der Waals surface area (Å²) in [6, 6.07) is 11.7. The second-order valence-electron chi connectivity index (χ2n) is 6.91. The van der Waals surface area contributed by atoms with E-state index >= 15 is 0 Å². The summed E-state index contributed by atoms with van der Waals surface area (Å²) in [5, 5.41) is 5.01. The SMILES string of the molecule is Cc1cc2nc(N(Cc3ccccn3)C(=O)c3cc(C)n(C)n3)sc2cc1C. The maximum Gasteiger partial charge on any atom is 0.280 e. The number of nitrogens with zero attached hydrogens (tertiary/aromatic N) is 5. The van der Waals surface area contributed by atoms with E-state index in [1.807, 2.05) is 32.2 Å². The third-order valence-electron chi connectivity index (χ3n) is 4.85. The summed E-state index contributed by atoms with van der Waals surface area (Å²) in [5.74, 6) is -0.179. The van der Waals surface area contributed by atoms with Crippen LogP contribution in [0.15, 0.2) is 42.6 Å². The topological polar surface area (TPSA) is 63.9 Å². The van der Waals surface area contributed by atoms with Crippen LogP contribution in [0.2, 0.25) is 0 Å². The van der Waals surface area contributed by atoms with Crippen LogP contribution in [-0.4, -0.2) is 25.7 Å². The average molecular weight is 392 g/mol. The molecule has 3 heterocycles. The van der Waals surface area contributed by atoms with Crippen LogP contribution in [0.25, 0.3) is 10.2 Å². The van der Waals surface area contributed by atoms with E-state index in [1.165, 1.54) is 22.5 Å². The van der Waals surface area contributed by atoms with Gasteiger partial charge in [-0.05, 0) is 62.2 Å². The van der Waals surface area contributed by atoms with Crippen LogP contribution < -0.4 is 4.90 Å². The Morgan fingerprint density at radius 3 is 2.61 bits per heavy atom. The molecule has 0 unspecified atom stereocenters. The van der Waals surface area contributed by atoms with Gasteiger partial charge in [0.15, 0.2) is 10.8 Å². The fraction of sp³-hybridized carbons (Fsp3) is 0.238. The molecule has 0 N–H and O–H groups in total. The van der Waals surface area contributed by atoms with Crippen LogP contribution in [0.5, 0.6) is 0 Å². The zero-order chi connectivity index (χ0) is 19.8. The minimum absolute atomic E-state index is 0.179. The first kappa shape index (κ1) is 18.3. The van der Waals surface area contributed by atoms with E-state index in [0.717, 1.165) is 21.6 Å². The quantitative estimate of drug-likeness (QED) is 0.523. The molecule has 0 saturated carbocycles. The molecule has 4 rings (SSSR count). The number of benzene rings is 1. The lowest BCUT2D eigenvalue weighted by molar-refractivity contribution is 0.0979. The van der Waals surface area contributed by atoms with Gasteiger partial charge in [-0.25, -0.2) is 4.98 Å². The molecule has 6 nitrogen and oxygen atoms in total. The maximum absolute atomic E-state index is 13.3. The normalized spacial score (nSPS) is 11.1. The molecule has 0 atom stereocenters. The number of amides is 1. The Bertz CT molecular complexity index is 1100. The van der Waals surface area contributed by atoms with Crippen LogP contribution in [0, 0.1) is 20.8 Å². The van der Waals surface area contributed by atoms with Gasteiger partial charge in [-0.2, -0.15) is 5.10 Å². The number of carbonyl (C=O) groups is 1. The highest BCUT2D eigenvalue weighted by Crippen LogP contribution is 2.32. The van der Waals surface area contributed by atoms with Crippen LogP contribution in [0.3, 0.4) is 0 Å². The fourth-order valence-electron chi connectivity index (χ4n) is 2.97. The van der Waals surface area contributed by atoms with Crippen molar-refractivity contribution in [1.29, 1.82) is 0 Å². The lowest BCUT2D eigenvalue weighted by atomic mass is 10.1. The van der Waals surface area contributed by atoms with E-state index in [1.54, 1.807) is 21.8 Å². The smallest absolute Gasteiger partial charge is 0.276 e. The molecule has 0 radical (unpaired) electrons. The van der Waals surface area contributed by atoms with Gasteiger partial charge in [-0.1, -0.05) is 17.4 Å².